The van der Waals surface area contributed by atoms with Crippen LogP contribution in [0.4, 0.5) is 11.4 Å². The molecule has 40 heavy (non-hydrogen) atoms. The second kappa shape index (κ2) is 11.6. The van der Waals surface area contributed by atoms with E-state index >= 15 is 0 Å². The van der Waals surface area contributed by atoms with Gasteiger partial charge in [0.1, 0.15) is 23.7 Å². The third-order valence-corrected chi connectivity index (χ3v) is 7.11. The molecule has 202 valence electrons. The van der Waals surface area contributed by atoms with Gasteiger partial charge in [0.15, 0.2) is 0 Å². The van der Waals surface area contributed by atoms with Crippen LogP contribution in [-0.4, -0.2) is 12.2 Å². The van der Waals surface area contributed by atoms with Crippen LogP contribution in [0.25, 0.3) is 11.1 Å². The average molecular weight is 529 g/mol. The smallest absolute Gasteiger partial charge is 0.142 e. The number of nitrogens with two attached hydrogens (primary N) is 2. The lowest BCUT2D eigenvalue weighted by molar-refractivity contribution is 0.286. The van der Waals surface area contributed by atoms with Crippen molar-refractivity contribution in [1.29, 1.82) is 0 Å². The van der Waals surface area contributed by atoms with Gasteiger partial charge in [-0.25, -0.2) is 0 Å². The molecule has 4 nitrogen and oxygen atoms in total. The second-order valence-electron chi connectivity index (χ2n) is 10.6. The van der Waals surface area contributed by atoms with E-state index < -0.39 is 0 Å². The number of benzene rings is 3. The summed E-state index contributed by atoms with van der Waals surface area (Å²) >= 11 is 0. The summed E-state index contributed by atoms with van der Waals surface area (Å²) in [5.41, 5.74) is 22.5. The Hall–Kier alpha value is -4.70. The van der Waals surface area contributed by atoms with Crippen LogP contribution in [0.1, 0.15) is 38.8 Å². The first-order valence-electron chi connectivity index (χ1n) is 13.6. The van der Waals surface area contributed by atoms with E-state index in [9.17, 15) is 0 Å². The molecule has 5 rings (SSSR count). The predicted molar refractivity (Wildman–Crippen MR) is 168 cm³/mol. The first kappa shape index (κ1) is 26.9. The number of hydrogen-bond acceptors (Lipinski definition) is 4. The van der Waals surface area contributed by atoms with Crippen LogP contribution >= 0.6 is 0 Å². The molecule has 4 heteroatoms. The Bertz CT molecular complexity index is 1460. The average Bonchev–Trinajstić information content (AvgIpc) is 2.95. The van der Waals surface area contributed by atoms with Gasteiger partial charge in [-0.3, -0.25) is 0 Å². The van der Waals surface area contributed by atoms with Crippen LogP contribution in [0.2, 0.25) is 0 Å². The molecule has 2 aliphatic carbocycles. The number of hydrogen-bond donors (Lipinski definition) is 2. The molecule has 0 fully saturated rings. The highest BCUT2D eigenvalue weighted by Crippen LogP contribution is 2.33. The maximum atomic E-state index is 6.29. The van der Waals surface area contributed by atoms with Gasteiger partial charge in [0.2, 0.25) is 0 Å². The van der Waals surface area contributed by atoms with Crippen molar-refractivity contribution in [1.82, 2.24) is 0 Å². The highest BCUT2D eigenvalue weighted by atomic mass is 16.5. The van der Waals surface area contributed by atoms with Crippen LogP contribution in [0.3, 0.4) is 0 Å². The fraction of sp³-hybridized carbons (Fsp3) is 0.167. The van der Waals surface area contributed by atoms with Crippen LogP contribution < -0.4 is 20.9 Å². The minimum absolute atomic E-state index is 0.150. The second-order valence-corrected chi connectivity index (χ2v) is 10.6. The Kier molecular flexibility index (Phi) is 7.79. The molecule has 0 amide bonds. The van der Waals surface area contributed by atoms with E-state index in [1.54, 1.807) is 0 Å². The highest BCUT2D eigenvalue weighted by Gasteiger charge is 2.20. The summed E-state index contributed by atoms with van der Waals surface area (Å²) in [5.74, 6) is 1.59. The Balaban J connectivity index is 1.38. The van der Waals surface area contributed by atoms with Crippen molar-refractivity contribution in [3.05, 3.63) is 143 Å². The SMILES string of the molecule is CC(C)=C1C=C(c2cccc(C3=CC(=C(C)C)C(Oc4ccc(N)cc4)C=C3)c2)C=CC1Oc1ccc(N)cc1. The molecule has 0 aromatic heterocycles. The first-order valence-corrected chi connectivity index (χ1v) is 13.6. The van der Waals surface area contributed by atoms with Gasteiger partial charge in [0.05, 0.1) is 0 Å². The standard InChI is InChI=1S/C36H36N2O2/c1-23(2)33-21-27(8-18-35(33)39-31-14-10-29(37)11-15-31)25-6-5-7-26(20-25)28-9-19-36(34(22-28)24(3)4)40-32-16-12-30(38)13-17-32/h5-22,35-36H,37-38H2,1-4H3. The van der Waals surface area contributed by atoms with E-state index in [2.05, 4.69) is 88.4 Å². The number of allylic oxidation sites excluding steroid dienone is 6. The van der Waals surface area contributed by atoms with E-state index in [-0.39, 0.29) is 12.2 Å². The highest BCUT2D eigenvalue weighted by molar-refractivity contribution is 5.84. The Morgan fingerprint density at radius 1 is 0.575 bits per heavy atom. The molecule has 0 spiro atoms. The zero-order chi connectivity index (χ0) is 28.2. The number of nitrogen functional groups attached to an aromatic ring is 2. The molecular weight excluding hydrogens is 492 g/mol. The summed E-state index contributed by atoms with van der Waals surface area (Å²) in [7, 11) is 0. The molecule has 3 aromatic rings. The third-order valence-electron chi connectivity index (χ3n) is 7.11. The van der Waals surface area contributed by atoms with Crippen molar-refractivity contribution in [3.63, 3.8) is 0 Å². The molecule has 2 unspecified atom stereocenters. The van der Waals surface area contributed by atoms with E-state index in [0.717, 1.165) is 56.3 Å². The van der Waals surface area contributed by atoms with Gasteiger partial charge in [0, 0.05) is 11.4 Å². The molecule has 0 radical (unpaired) electrons. The quantitative estimate of drug-likeness (QED) is 0.316. The Morgan fingerprint density at radius 3 is 1.35 bits per heavy atom. The first-order chi connectivity index (χ1) is 19.3. The minimum atomic E-state index is -0.150. The van der Waals surface area contributed by atoms with Crippen molar-refractivity contribution in [2.75, 3.05) is 11.5 Å². The van der Waals surface area contributed by atoms with E-state index in [0.29, 0.717) is 0 Å². The minimum Gasteiger partial charge on any atom is -0.482 e. The zero-order valence-corrected chi connectivity index (χ0v) is 23.5. The molecule has 2 aliphatic rings. The Labute approximate surface area is 237 Å². The van der Waals surface area contributed by atoms with Crippen molar-refractivity contribution in [3.8, 4) is 11.5 Å². The zero-order valence-electron chi connectivity index (χ0n) is 23.5. The van der Waals surface area contributed by atoms with Crippen molar-refractivity contribution >= 4 is 22.5 Å². The summed E-state index contributed by atoms with van der Waals surface area (Å²) in [6, 6.07) is 23.8. The molecule has 0 heterocycles. The molecule has 4 N–H and O–H groups in total. The van der Waals surface area contributed by atoms with Crippen LogP contribution in [0.15, 0.2) is 132 Å². The summed E-state index contributed by atoms with van der Waals surface area (Å²) in [5, 5.41) is 0. The lowest BCUT2D eigenvalue weighted by atomic mass is 9.89. The summed E-state index contributed by atoms with van der Waals surface area (Å²) in [6.07, 6.45) is 12.7. The maximum Gasteiger partial charge on any atom is 0.142 e. The van der Waals surface area contributed by atoms with Crippen molar-refractivity contribution in [2.24, 2.45) is 0 Å². The topological polar surface area (TPSA) is 70.5 Å². The van der Waals surface area contributed by atoms with Gasteiger partial charge in [-0.2, -0.15) is 0 Å². The van der Waals surface area contributed by atoms with E-state index in [4.69, 9.17) is 20.9 Å². The predicted octanol–water partition coefficient (Wildman–Crippen LogP) is 8.33. The van der Waals surface area contributed by atoms with Crippen molar-refractivity contribution < 1.29 is 9.47 Å². The van der Waals surface area contributed by atoms with Gasteiger partial charge in [0.25, 0.3) is 0 Å². The summed E-state index contributed by atoms with van der Waals surface area (Å²) in [4.78, 5) is 0. The molecule has 3 aromatic carbocycles. The molecule has 0 bridgehead atoms. The van der Waals surface area contributed by atoms with Crippen LogP contribution in [0, 0.1) is 0 Å². The summed E-state index contributed by atoms with van der Waals surface area (Å²) < 4.78 is 12.6. The van der Waals surface area contributed by atoms with Gasteiger partial charge in [-0.15, -0.1) is 0 Å². The third kappa shape index (κ3) is 6.13. The van der Waals surface area contributed by atoms with Gasteiger partial charge in [-0.05, 0) is 140 Å². The number of rotatable bonds is 6. The number of anilines is 2. The lowest BCUT2D eigenvalue weighted by Gasteiger charge is -2.24. The van der Waals surface area contributed by atoms with Gasteiger partial charge >= 0.3 is 0 Å². The fourth-order valence-corrected chi connectivity index (χ4v) is 4.87. The lowest BCUT2D eigenvalue weighted by Crippen LogP contribution is -2.19. The van der Waals surface area contributed by atoms with E-state index in [1.807, 2.05) is 48.5 Å². The molecule has 0 saturated heterocycles. The number of ether oxygens (including phenoxy) is 2. The van der Waals surface area contributed by atoms with Gasteiger partial charge in [-0.1, -0.05) is 41.5 Å². The van der Waals surface area contributed by atoms with E-state index in [1.165, 1.54) is 11.1 Å². The maximum absolute atomic E-state index is 6.29. The Morgan fingerprint density at radius 2 is 0.975 bits per heavy atom. The monoisotopic (exact) mass is 528 g/mol. The molecular formula is C36H36N2O2. The van der Waals surface area contributed by atoms with Gasteiger partial charge < -0.3 is 20.9 Å². The molecule has 0 aliphatic heterocycles. The normalized spacial score (nSPS) is 18.2. The fourth-order valence-electron chi connectivity index (χ4n) is 4.87. The summed E-state index contributed by atoms with van der Waals surface area (Å²) in [6.45, 7) is 8.50. The van der Waals surface area contributed by atoms with Crippen LogP contribution in [-0.2, 0) is 0 Å². The largest absolute Gasteiger partial charge is 0.482 e. The molecule has 2 atom stereocenters. The van der Waals surface area contributed by atoms with Crippen LogP contribution in [0.5, 0.6) is 11.5 Å². The molecule has 0 saturated carbocycles. The van der Waals surface area contributed by atoms with Crippen molar-refractivity contribution in [2.45, 2.75) is 39.9 Å².